The van der Waals surface area contributed by atoms with Gasteiger partial charge < -0.3 is 4.90 Å². The van der Waals surface area contributed by atoms with Crippen LogP contribution in [0, 0.1) is 12.8 Å². The number of fused-ring (bicyclic) bond motifs is 3. The van der Waals surface area contributed by atoms with E-state index < -0.39 is 11.1 Å². The number of piperidine rings is 1. The highest BCUT2D eigenvalue weighted by molar-refractivity contribution is 5.79. The molecule has 3 aromatic rings. The lowest BCUT2D eigenvalue weighted by Crippen LogP contribution is -2.44. The maximum absolute atomic E-state index is 12.9. The topological polar surface area (TPSA) is 77.2 Å². The molecule has 0 unspecified atom stereocenters. The predicted octanol–water partition coefficient (Wildman–Crippen LogP) is 1.95. The lowest BCUT2D eigenvalue weighted by molar-refractivity contribution is -0.132. The molecule has 32 heavy (non-hydrogen) atoms. The highest BCUT2D eigenvalue weighted by Gasteiger charge is 2.41. The van der Waals surface area contributed by atoms with Gasteiger partial charge in [0.05, 0.1) is 13.0 Å². The van der Waals surface area contributed by atoms with E-state index in [-0.39, 0.29) is 24.3 Å². The van der Waals surface area contributed by atoms with E-state index in [1.54, 1.807) is 0 Å². The van der Waals surface area contributed by atoms with Gasteiger partial charge in [0.15, 0.2) is 0 Å². The zero-order chi connectivity index (χ0) is 22.2. The van der Waals surface area contributed by atoms with Gasteiger partial charge in [-0.15, -0.1) is 0 Å². The van der Waals surface area contributed by atoms with Crippen LogP contribution in [0.5, 0.6) is 0 Å². The molecule has 164 valence electrons. The van der Waals surface area contributed by atoms with Gasteiger partial charge in [0.1, 0.15) is 5.82 Å². The minimum absolute atomic E-state index is 0.0268. The summed E-state index contributed by atoms with van der Waals surface area (Å²) in [6.07, 6.45) is 1.17. The van der Waals surface area contributed by atoms with Crippen LogP contribution in [0.25, 0.3) is 0 Å². The highest BCUT2D eigenvalue weighted by atomic mass is 16.2. The number of nitrogens with zero attached hydrogens (tertiary/aromatic N) is 4. The molecule has 0 bridgehead atoms. The molecule has 1 aromatic heterocycles. The summed E-state index contributed by atoms with van der Waals surface area (Å²) < 4.78 is 2.82. The van der Waals surface area contributed by atoms with Crippen molar-refractivity contribution in [3.63, 3.8) is 0 Å². The maximum Gasteiger partial charge on any atom is 0.332 e. The van der Waals surface area contributed by atoms with Crippen molar-refractivity contribution in [2.45, 2.75) is 38.8 Å². The third kappa shape index (κ3) is 3.79. The molecular formula is C25H26N4O3. The second-order valence-electron chi connectivity index (χ2n) is 8.88. The molecule has 0 N–H and O–H groups in total. The molecular weight excluding hydrogens is 404 g/mol. The standard InChI is InChI=1S/C25H26N4O3/c1-17-7-9-19(10-8-17)14-29-25(32)24(31)28-15-20-11-12-27(16-21(20)23(28)26-29)22(30)13-18-5-3-2-4-6-18/h2-10,20-21H,11-16H2,1H3/t20-,21-/m0/s1. The molecule has 1 amide bonds. The van der Waals surface area contributed by atoms with Crippen molar-refractivity contribution in [3.8, 4) is 0 Å². The highest BCUT2D eigenvalue weighted by Crippen LogP contribution is 2.37. The Hall–Kier alpha value is -3.48. The van der Waals surface area contributed by atoms with Crippen LogP contribution < -0.4 is 11.1 Å². The largest absolute Gasteiger partial charge is 0.342 e. The van der Waals surface area contributed by atoms with E-state index in [2.05, 4.69) is 5.10 Å². The molecule has 3 heterocycles. The van der Waals surface area contributed by atoms with Crippen LogP contribution in [0.15, 0.2) is 64.2 Å². The van der Waals surface area contributed by atoms with Gasteiger partial charge in [0.25, 0.3) is 0 Å². The number of likely N-dealkylation sites (tertiary alicyclic amines) is 1. The number of hydrogen-bond acceptors (Lipinski definition) is 4. The molecule has 2 aliphatic rings. The zero-order valence-electron chi connectivity index (χ0n) is 18.1. The summed E-state index contributed by atoms with van der Waals surface area (Å²) in [5, 5.41) is 4.62. The minimum atomic E-state index is -0.593. The average molecular weight is 431 g/mol. The fourth-order valence-electron chi connectivity index (χ4n) is 4.83. The van der Waals surface area contributed by atoms with Crippen LogP contribution in [-0.2, 0) is 24.3 Å². The zero-order valence-corrected chi connectivity index (χ0v) is 18.1. The van der Waals surface area contributed by atoms with Gasteiger partial charge in [0, 0.05) is 25.6 Å². The summed E-state index contributed by atoms with van der Waals surface area (Å²) in [4.78, 5) is 40.3. The number of benzene rings is 2. The van der Waals surface area contributed by atoms with E-state index in [1.165, 1.54) is 9.25 Å². The van der Waals surface area contributed by atoms with Gasteiger partial charge in [-0.2, -0.15) is 5.10 Å². The number of aryl methyl sites for hydroxylation is 1. The number of aromatic nitrogens is 3. The summed E-state index contributed by atoms with van der Waals surface area (Å²) in [6.45, 7) is 3.97. The first-order valence-electron chi connectivity index (χ1n) is 11.1. The number of rotatable bonds is 4. The Morgan fingerprint density at radius 2 is 1.72 bits per heavy atom. The predicted molar refractivity (Wildman–Crippen MR) is 121 cm³/mol. The van der Waals surface area contributed by atoms with Gasteiger partial charge in [-0.05, 0) is 30.4 Å². The van der Waals surface area contributed by atoms with Gasteiger partial charge in [-0.1, -0.05) is 60.2 Å². The summed E-state index contributed by atoms with van der Waals surface area (Å²) in [6, 6.07) is 17.6. The lowest BCUT2D eigenvalue weighted by Gasteiger charge is -2.34. The maximum atomic E-state index is 12.9. The quantitative estimate of drug-likeness (QED) is 0.593. The smallest absolute Gasteiger partial charge is 0.332 e. The summed E-state index contributed by atoms with van der Waals surface area (Å²) in [7, 11) is 0. The van der Waals surface area contributed by atoms with Crippen LogP contribution in [0.4, 0.5) is 0 Å². The first-order chi connectivity index (χ1) is 15.5. The number of carbonyl (C=O) groups excluding carboxylic acids is 1. The van der Waals surface area contributed by atoms with Crippen molar-refractivity contribution >= 4 is 5.91 Å². The first-order valence-corrected chi connectivity index (χ1v) is 11.1. The molecule has 0 saturated carbocycles. The molecule has 2 aromatic carbocycles. The molecule has 0 radical (unpaired) electrons. The molecule has 5 rings (SSSR count). The van der Waals surface area contributed by atoms with E-state index in [0.717, 1.165) is 23.1 Å². The third-order valence-electron chi connectivity index (χ3n) is 6.67. The third-order valence-corrected chi connectivity index (χ3v) is 6.67. The molecule has 1 fully saturated rings. The molecule has 0 aliphatic carbocycles. The van der Waals surface area contributed by atoms with E-state index in [4.69, 9.17) is 0 Å². The Morgan fingerprint density at radius 1 is 0.969 bits per heavy atom. The second-order valence-corrected chi connectivity index (χ2v) is 8.88. The van der Waals surface area contributed by atoms with Crippen molar-refractivity contribution in [1.82, 2.24) is 19.2 Å². The van der Waals surface area contributed by atoms with E-state index in [1.807, 2.05) is 66.4 Å². The molecule has 2 atom stereocenters. The summed E-state index contributed by atoms with van der Waals surface area (Å²) in [5.41, 5.74) is 1.94. The fourth-order valence-corrected chi connectivity index (χ4v) is 4.83. The molecule has 2 aliphatic heterocycles. The lowest BCUT2D eigenvalue weighted by atomic mass is 9.87. The normalized spacial score (nSPS) is 19.5. The van der Waals surface area contributed by atoms with Crippen LogP contribution in [0.2, 0.25) is 0 Å². The minimum Gasteiger partial charge on any atom is -0.342 e. The van der Waals surface area contributed by atoms with Gasteiger partial charge >= 0.3 is 11.1 Å². The van der Waals surface area contributed by atoms with E-state index >= 15 is 0 Å². The van der Waals surface area contributed by atoms with Gasteiger partial charge in [0.2, 0.25) is 5.91 Å². The number of amides is 1. The van der Waals surface area contributed by atoms with Crippen molar-refractivity contribution in [1.29, 1.82) is 0 Å². The van der Waals surface area contributed by atoms with Crippen molar-refractivity contribution in [3.05, 3.63) is 97.8 Å². The van der Waals surface area contributed by atoms with Crippen molar-refractivity contribution in [2.24, 2.45) is 5.92 Å². The number of carbonyl (C=O) groups is 1. The Kier molecular flexibility index (Phi) is 5.25. The van der Waals surface area contributed by atoms with Crippen LogP contribution in [0.3, 0.4) is 0 Å². The average Bonchev–Trinajstić information content (AvgIpc) is 3.17. The number of hydrogen-bond donors (Lipinski definition) is 0. The van der Waals surface area contributed by atoms with E-state index in [0.29, 0.717) is 31.9 Å². The van der Waals surface area contributed by atoms with Gasteiger partial charge in [-0.3, -0.25) is 19.0 Å². The Morgan fingerprint density at radius 3 is 2.47 bits per heavy atom. The first kappa shape index (κ1) is 20.4. The molecule has 0 spiro atoms. The molecule has 1 saturated heterocycles. The van der Waals surface area contributed by atoms with E-state index in [9.17, 15) is 14.4 Å². The fraction of sp³-hybridized carbons (Fsp3) is 0.360. The van der Waals surface area contributed by atoms with Crippen LogP contribution >= 0.6 is 0 Å². The Balaban J connectivity index is 1.40. The van der Waals surface area contributed by atoms with Crippen molar-refractivity contribution < 1.29 is 4.79 Å². The second kappa shape index (κ2) is 8.22. The SMILES string of the molecule is Cc1ccc(Cn2nc3n(c(=O)c2=O)C[C@@H]2CCN(C(=O)Cc4ccccc4)C[C@H]32)cc1. The van der Waals surface area contributed by atoms with Crippen LogP contribution in [-0.4, -0.2) is 38.2 Å². The molecule has 7 heteroatoms. The molecule has 7 nitrogen and oxygen atoms in total. The Labute approximate surface area is 185 Å². The summed E-state index contributed by atoms with van der Waals surface area (Å²) in [5.74, 6) is 0.916. The van der Waals surface area contributed by atoms with Crippen LogP contribution in [0.1, 0.15) is 34.9 Å². The van der Waals surface area contributed by atoms with Crippen molar-refractivity contribution in [2.75, 3.05) is 13.1 Å². The summed E-state index contributed by atoms with van der Waals surface area (Å²) >= 11 is 0. The Bertz CT molecular complexity index is 1260. The monoisotopic (exact) mass is 430 g/mol. The van der Waals surface area contributed by atoms with Gasteiger partial charge in [-0.25, -0.2) is 4.68 Å².